The summed E-state index contributed by atoms with van der Waals surface area (Å²) in [5, 5.41) is 18.2. The Labute approximate surface area is 142 Å². The minimum absolute atomic E-state index is 0.121. The molecule has 1 heterocycles. The van der Waals surface area contributed by atoms with Crippen LogP contribution in [0.2, 0.25) is 0 Å². The number of hydrogen-bond donors (Lipinski definition) is 2. The number of hydrogen-bond acceptors (Lipinski definition) is 3. The van der Waals surface area contributed by atoms with Gasteiger partial charge < -0.3 is 15.2 Å². The van der Waals surface area contributed by atoms with Crippen LogP contribution >= 0.6 is 0 Å². The average molecular weight is 321 g/mol. The number of ether oxygens (including phenoxy) is 1. The number of rotatable bonds is 2. The molecule has 124 valence electrons. The highest BCUT2D eigenvalue weighted by Gasteiger charge is 2.23. The zero-order chi connectivity index (χ0) is 16.8. The molecular weight excluding hydrogens is 298 g/mol. The molecule has 3 nitrogen and oxygen atoms in total. The average Bonchev–Trinajstić information content (AvgIpc) is 2.61. The molecule has 1 aliphatic rings. The van der Waals surface area contributed by atoms with Gasteiger partial charge in [0.15, 0.2) is 0 Å². The summed E-state index contributed by atoms with van der Waals surface area (Å²) in [6.07, 6.45) is 0.846. The van der Waals surface area contributed by atoms with Gasteiger partial charge in [0.1, 0.15) is 5.75 Å². The quantitative estimate of drug-likeness (QED) is 0.708. The number of aliphatic hydroxyl groups excluding tert-OH is 1. The van der Waals surface area contributed by atoms with Crippen LogP contribution in [0.4, 0.5) is 0 Å². The van der Waals surface area contributed by atoms with Crippen LogP contribution < -0.4 is 10.1 Å². The van der Waals surface area contributed by atoms with Crippen molar-refractivity contribution in [3.8, 4) is 5.75 Å². The lowest BCUT2D eigenvalue weighted by atomic mass is 9.85. The third-order valence-electron chi connectivity index (χ3n) is 5.25. The molecule has 24 heavy (non-hydrogen) atoms. The maximum absolute atomic E-state index is 9.60. The van der Waals surface area contributed by atoms with Gasteiger partial charge in [-0.1, -0.05) is 23.8 Å². The Bertz CT molecular complexity index is 946. The Morgan fingerprint density at radius 1 is 1.04 bits per heavy atom. The van der Waals surface area contributed by atoms with Gasteiger partial charge >= 0.3 is 0 Å². The first-order valence-electron chi connectivity index (χ1n) is 8.49. The molecule has 0 unspecified atom stereocenters. The number of methoxy groups -OCH3 is 1. The van der Waals surface area contributed by atoms with Gasteiger partial charge in [0, 0.05) is 12.6 Å². The molecule has 3 aromatic carbocycles. The van der Waals surface area contributed by atoms with Crippen LogP contribution in [0.25, 0.3) is 21.5 Å². The van der Waals surface area contributed by atoms with Crippen molar-refractivity contribution in [2.24, 2.45) is 0 Å². The molecule has 3 heteroatoms. The molecule has 1 aliphatic heterocycles. The van der Waals surface area contributed by atoms with Gasteiger partial charge in [-0.05, 0) is 70.6 Å². The molecule has 0 radical (unpaired) electrons. The second-order valence-corrected chi connectivity index (χ2v) is 6.84. The van der Waals surface area contributed by atoms with Crippen molar-refractivity contribution < 1.29 is 9.84 Å². The summed E-state index contributed by atoms with van der Waals surface area (Å²) in [5.41, 5.74) is 5.13. The molecule has 0 amide bonds. The van der Waals surface area contributed by atoms with E-state index in [1.54, 1.807) is 7.11 Å². The summed E-state index contributed by atoms with van der Waals surface area (Å²) < 4.78 is 5.57. The second-order valence-electron chi connectivity index (χ2n) is 6.84. The Balaban J connectivity index is 2.14. The highest BCUT2D eigenvalue weighted by Crippen LogP contribution is 2.38. The SMILES string of the molecule is COc1cc2c3c(c4ccc(C)cc4c2cc1C)CN[C@H](CO)C3. The van der Waals surface area contributed by atoms with E-state index in [0.717, 1.165) is 24.3 Å². The third kappa shape index (κ3) is 2.27. The number of aliphatic hydroxyl groups is 1. The Kier molecular flexibility index (Phi) is 3.70. The first kappa shape index (κ1) is 15.4. The molecule has 0 bridgehead atoms. The van der Waals surface area contributed by atoms with E-state index in [1.807, 2.05) is 0 Å². The topological polar surface area (TPSA) is 41.5 Å². The van der Waals surface area contributed by atoms with Crippen LogP contribution in [-0.4, -0.2) is 24.9 Å². The predicted molar refractivity (Wildman–Crippen MR) is 98.9 cm³/mol. The lowest BCUT2D eigenvalue weighted by Gasteiger charge is -2.28. The van der Waals surface area contributed by atoms with E-state index in [1.165, 1.54) is 38.2 Å². The summed E-state index contributed by atoms with van der Waals surface area (Å²) in [6.45, 7) is 5.20. The van der Waals surface area contributed by atoms with Crippen molar-refractivity contribution in [1.29, 1.82) is 0 Å². The molecule has 0 spiro atoms. The molecule has 0 saturated heterocycles. The largest absolute Gasteiger partial charge is 0.496 e. The van der Waals surface area contributed by atoms with Crippen LogP contribution in [0.3, 0.4) is 0 Å². The van der Waals surface area contributed by atoms with Gasteiger partial charge in [0.2, 0.25) is 0 Å². The van der Waals surface area contributed by atoms with Gasteiger partial charge in [0.05, 0.1) is 13.7 Å². The molecule has 4 rings (SSSR count). The van der Waals surface area contributed by atoms with E-state index in [9.17, 15) is 5.11 Å². The molecule has 1 atom stereocenters. The zero-order valence-corrected chi connectivity index (χ0v) is 14.4. The monoisotopic (exact) mass is 321 g/mol. The zero-order valence-electron chi connectivity index (χ0n) is 14.4. The van der Waals surface area contributed by atoms with Gasteiger partial charge in [-0.2, -0.15) is 0 Å². The molecule has 0 fully saturated rings. The minimum Gasteiger partial charge on any atom is -0.496 e. The maximum Gasteiger partial charge on any atom is 0.122 e. The standard InChI is InChI=1S/C21H23NO2/c1-12-4-5-15-16(6-12)17-7-13(2)21(24-3)9-19(17)18-8-14(11-23)22-10-20(15)18/h4-7,9,14,22-23H,8,10-11H2,1-3H3/t14-/m0/s1. The van der Waals surface area contributed by atoms with E-state index < -0.39 is 0 Å². The van der Waals surface area contributed by atoms with Gasteiger partial charge in [-0.3, -0.25) is 0 Å². The fourth-order valence-corrected chi connectivity index (χ4v) is 3.98. The van der Waals surface area contributed by atoms with Crippen LogP contribution in [0.15, 0.2) is 30.3 Å². The van der Waals surface area contributed by atoms with Gasteiger partial charge in [-0.25, -0.2) is 0 Å². The number of benzene rings is 3. The highest BCUT2D eigenvalue weighted by atomic mass is 16.5. The van der Waals surface area contributed by atoms with Gasteiger partial charge in [0.25, 0.3) is 0 Å². The molecule has 2 N–H and O–H groups in total. The number of nitrogens with one attached hydrogen (secondary N) is 1. The summed E-state index contributed by atoms with van der Waals surface area (Å²) in [6, 6.07) is 11.2. The van der Waals surface area contributed by atoms with E-state index in [4.69, 9.17) is 4.74 Å². The molecule has 3 aromatic rings. The van der Waals surface area contributed by atoms with Crippen molar-refractivity contribution in [1.82, 2.24) is 5.32 Å². The lowest BCUT2D eigenvalue weighted by Crippen LogP contribution is -2.38. The van der Waals surface area contributed by atoms with Crippen LogP contribution in [0.1, 0.15) is 22.3 Å². The minimum atomic E-state index is 0.121. The summed E-state index contributed by atoms with van der Waals surface area (Å²) >= 11 is 0. The highest BCUT2D eigenvalue weighted by molar-refractivity contribution is 6.11. The van der Waals surface area contributed by atoms with Crippen molar-refractivity contribution >= 4 is 21.5 Å². The van der Waals surface area contributed by atoms with E-state index in [-0.39, 0.29) is 12.6 Å². The fraction of sp³-hybridized carbons (Fsp3) is 0.333. The normalized spacial score (nSPS) is 17.2. The number of aryl methyl sites for hydroxylation is 2. The summed E-state index contributed by atoms with van der Waals surface area (Å²) in [7, 11) is 1.73. The first-order valence-corrected chi connectivity index (χ1v) is 8.49. The summed E-state index contributed by atoms with van der Waals surface area (Å²) in [5.74, 6) is 0.927. The second kappa shape index (κ2) is 5.76. The van der Waals surface area contributed by atoms with Crippen molar-refractivity contribution in [2.45, 2.75) is 32.9 Å². The van der Waals surface area contributed by atoms with Crippen molar-refractivity contribution in [3.05, 3.63) is 52.6 Å². The van der Waals surface area contributed by atoms with E-state index in [0.29, 0.717) is 0 Å². The fourth-order valence-electron chi connectivity index (χ4n) is 3.98. The van der Waals surface area contributed by atoms with Crippen LogP contribution in [0.5, 0.6) is 5.75 Å². The van der Waals surface area contributed by atoms with E-state index >= 15 is 0 Å². The van der Waals surface area contributed by atoms with Crippen molar-refractivity contribution in [2.75, 3.05) is 13.7 Å². The Morgan fingerprint density at radius 2 is 1.83 bits per heavy atom. The van der Waals surface area contributed by atoms with Crippen LogP contribution in [0, 0.1) is 13.8 Å². The predicted octanol–water partition coefficient (Wildman–Crippen LogP) is 3.63. The smallest absolute Gasteiger partial charge is 0.122 e. The maximum atomic E-state index is 9.60. The molecule has 0 aliphatic carbocycles. The third-order valence-corrected chi connectivity index (χ3v) is 5.25. The Morgan fingerprint density at radius 3 is 2.58 bits per heavy atom. The summed E-state index contributed by atoms with van der Waals surface area (Å²) in [4.78, 5) is 0. The molecular formula is C21H23NO2. The van der Waals surface area contributed by atoms with Crippen molar-refractivity contribution in [3.63, 3.8) is 0 Å². The van der Waals surface area contributed by atoms with Crippen LogP contribution in [-0.2, 0) is 13.0 Å². The molecule has 0 aromatic heterocycles. The molecule has 0 saturated carbocycles. The van der Waals surface area contributed by atoms with Gasteiger partial charge in [-0.15, -0.1) is 0 Å². The Hall–Kier alpha value is -2.10. The lowest BCUT2D eigenvalue weighted by molar-refractivity contribution is 0.236. The first-order chi connectivity index (χ1) is 11.6. The number of fused-ring (bicyclic) bond motifs is 6. The van der Waals surface area contributed by atoms with E-state index in [2.05, 4.69) is 49.5 Å².